The van der Waals surface area contributed by atoms with Crippen LogP contribution in [0.1, 0.15) is 47.7 Å². The summed E-state index contributed by atoms with van der Waals surface area (Å²) in [4.78, 5) is 14.6. The number of hydrogen-bond acceptors (Lipinski definition) is 4. The maximum absolute atomic E-state index is 12.7. The Morgan fingerprint density at radius 2 is 1.83 bits per heavy atom. The number of hydrogen-bond donors (Lipinski definition) is 1. The van der Waals surface area contributed by atoms with Crippen molar-refractivity contribution in [3.05, 3.63) is 88.4 Å². The van der Waals surface area contributed by atoms with Gasteiger partial charge in [-0.2, -0.15) is 0 Å². The zero-order valence-electron chi connectivity index (χ0n) is 19.9. The van der Waals surface area contributed by atoms with Crippen LogP contribution in [0.3, 0.4) is 0 Å². The van der Waals surface area contributed by atoms with Gasteiger partial charge in [-0.25, -0.2) is 0 Å². The zero-order chi connectivity index (χ0) is 24.8. The molecule has 1 aliphatic rings. The third kappa shape index (κ3) is 6.32. The summed E-state index contributed by atoms with van der Waals surface area (Å²) in [6, 6.07) is 20.6. The van der Waals surface area contributed by atoms with E-state index >= 15 is 0 Å². The van der Waals surface area contributed by atoms with Gasteiger partial charge in [0.1, 0.15) is 11.5 Å². The average molecular weight is 509 g/mol. The lowest BCUT2D eigenvalue weighted by Crippen LogP contribution is -2.41. The lowest BCUT2D eigenvalue weighted by atomic mass is 10.1. The standard InChI is InChI=1S/C28H29ClN2O3S/c1-3-4-8-26(33-22-15-13-21(29)14-16-22)34-25-7-5-6-24-23(25)17-18-31(24)28(35)30-27(32)20-11-9-19(2)10-12-20/h5-7,9-16,26H,3-4,8,17-18H2,1-2H3,(H,30,32,35). The predicted octanol–water partition coefficient (Wildman–Crippen LogP) is 6.70. The molecule has 0 saturated heterocycles. The average Bonchev–Trinajstić information content (AvgIpc) is 3.29. The molecule has 1 heterocycles. The number of carbonyl (C=O) groups is 1. The number of ether oxygens (including phenoxy) is 2. The number of amides is 1. The molecule has 0 bridgehead atoms. The van der Waals surface area contributed by atoms with Gasteiger partial charge in [0, 0.05) is 29.1 Å². The summed E-state index contributed by atoms with van der Waals surface area (Å²) in [6.07, 6.45) is 3.11. The summed E-state index contributed by atoms with van der Waals surface area (Å²) in [5, 5.41) is 3.91. The molecule has 7 heteroatoms. The highest BCUT2D eigenvalue weighted by atomic mass is 35.5. The van der Waals surface area contributed by atoms with Crippen LogP contribution < -0.4 is 19.7 Å². The molecule has 3 aromatic rings. The van der Waals surface area contributed by atoms with E-state index in [-0.39, 0.29) is 5.91 Å². The number of benzene rings is 3. The highest BCUT2D eigenvalue weighted by Crippen LogP contribution is 2.36. The minimum atomic E-state index is -0.426. The van der Waals surface area contributed by atoms with Crippen molar-refractivity contribution < 1.29 is 14.3 Å². The Morgan fingerprint density at radius 3 is 2.54 bits per heavy atom. The van der Waals surface area contributed by atoms with Crippen molar-refractivity contribution in [3.8, 4) is 11.5 Å². The van der Waals surface area contributed by atoms with Gasteiger partial charge < -0.3 is 14.4 Å². The van der Waals surface area contributed by atoms with Gasteiger partial charge >= 0.3 is 0 Å². The van der Waals surface area contributed by atoms with Crippen LogP contribution in [-0.4, -0.2) is 23.9 Å². The maximum atomic E-state index is 12.7. The molecule has 1 atom stereocenters. The number of thiocarbonyl (C=S) groups is 1. The third-order valence-electron chi connectivity index (χ3n) is 5.90. The number of aryl methyl sites for hydroxylation is 1. The fourth-order valence-electron chi connectivity index (χ4n) is 3.98. The van der Waals surface area contributed by atoms with Crippen molar-refractivity contribution in [2.24, 2.45) is 0 Å². The van der Waals surface area contributed by atoms with Crippen molar-refractivity contribution in [2.45, 2.75) is 45.8 Å². The second-order valence-corrected chi connectivity index (χ2v) is 9.37. The van der Waals surface area contributed by atoms with E-state index < -0.39 is 6.29 Å². The van der Waals surface area contributed by atoms with Crippen molar-refractivity contribution in [1.29, 1.82) is 0 Å². The van der Waals surface area contributed by atoms with E-state index in [0.29, 0.717) is 28.0 Å². The lowest BCUT2D eigenvalue weighted by molar-refractivity contribution is -0.00265. The molecule has 0 spiro atoms. The molecule has 35 heavy (non-hydrogen) atoms. The van der Waals surface area contributed by atoms with Crippen LogP contribution in [0.5, 0.6) is 11.5 Å². The topological polar surface area (TPSA) is 50.8 Å². The first-order valence-electron chi connectivity index (χ1n) is 11.8. The first kappa shape index (κ1) is 25.0. The fourth-order valence-corrected chi connectivity index (χ4v) is 4.39. The molecule has 0 saturated carbocycles. The van der Waals surface area contributed by atoms with Gasteiger partial charge in [0.25, 0.3) is 5.91 Å². The van der Waals surface area contributed by atoms with E-state index in [1.807, 2.05) is 54.3 Å². The molecule has 5 nitrogen and oxygen atoms in total. The van der Waals surface area contributed by atoms with Crippen LogP contribution in [0.25, 0.3) is 0 Å². The van der Waals surface area contributed by atoms with E-state index in [0.717, 1.165) is 48.2 Å². The van der Waals surface area contributed by atoms with E-state index in [4.69, 9.17) is 33.3 Å². The number of nitrogens with one attached hydrogen (secondary N) is 1. The first-order chi connectivity index (χ1) is 16.9. The minimum Gasteiger partial charge on any atom is -0.455 e. The van der Waals surface area contributed by atoms with Gasteiger partial charge in [-0.1, -0.05) is 48.7 Å². The summed E-state index contributed by atoms with van der Waals surface area (Å²) in [5.74, 6) is 1.27. The normalized spacial score (nSPS) is 13.2. The predicted molar refractivity (Wildman–Crippen MR) is 145 cm³/mol. The van der Waals surface area contributed by atoms with Crippen LogP contribution in [0.2, 0.25) is 5.02 Å². The Bertz CT molecular complexity index is 1180. The van der Waals surface area contributed by atoms with Gasteiger partial charge in [-0.3, -0.25) is 10.1 Å². The van der Waals surface area contributed by atoms with Gasteiger partial charge in [-0.05, 0) is 80.5 Å². The number of unbranched alkanes of at least 4 members (excludes halogenated alkanes) is 1. The second-order valence-electron chi connectivity index (χ2n) is 8.54. The number of anilines is 1. The Morgan fingerprint density at radius 1 is 1.09 bits per heavy atom. The number of nitrogens with zero attached hydrogens (tertiary/aromatic N) is 1. The molecule has 0 aromatic heterocycles. The lowest BCUT2D eigenvalue weighted by Gasteiger charge is -2.23. The van der Waals surface area contributed by atoms with Gasteiger partial charge in [0.05, 0.1) is 5.69 Å². The Kier molecular flexibility index (Phi) is 8.26. The van der Waals surface area contributed by atoms with Crippen LogP contribution in [0, 0.1) is 6.92 Å². The van der Waals surface area contributed by atoms with Gasteiger partial charge in [-0.15, -0.1) is 0 Å². The zero-order valence-corrected chi connectivity index (χ0v) is 21.5. The molecule has 0 fully saturated rings. The molecule has 3 aromatic carbocycles. The first-order valence-corrected chi connectivity index (χ1v) is 12.6. The van der Waals surface area contributed by atoms with E-state index in [1.165, 1.54) is 0 Å². The maximum Gasteiger partial charge on any atom is 0.257 e. The SMILES string of the molecule is CCCCC(Oc1ccc(Cl)cc1)Oc1cccc2c1CCN2C(=S)NC(=O)c1ccc(C)cc1. The van der Waals surface area contributed by atoms with Crippen LogP contribution in [0.15, 0.2) is 66.7 Å². The van der Waals surface area contributed by atoms with Crippen LogP contribution >= 0.6 is 23.8 Å². The fraction of sp³-hybridized carbons (Fsp3) is 0.286. The van der Waals surface area contributed by atoms with Crippen molar-refractivity contribution >= 4 is 40.5 Å². The van der Waals surface area contributed by atoms with Gasteiger partial charge in [0.15, 0.2) is 5.11 Å². The van der Waals surface area contributed by atoms with Crippen molar-refractivity contribution in [3.63, 3.8) is 0 Å². The minimum absolute atomic E-state index is 0.216. The van der Waals surface area contributed by atoms with Crippen molar-refractivity contribution in [1.82, 2.24) is 5.32 Å². The highest BCUT2D eigenvalue weighted by Gasteiger charge is 2.27. The second kappa shape index (κ2) is 11.6. The van der Waals surface area contributed by atoms with Gasteiger partial charge in [0.2, 0.25) is 6.29 Å². The smallest absolute Gasteiger partial charge is 0.257 e. The number of carbonyl (C=O) groups excluding carboxylic acids is 1. The van der Waals surface area contributed by atoms with Crippen LogP contribution in [0.4, 0.5) is 5.69 Å². The summed E-state index contributed by atoms with van der Waals surface area (Å²) in [5.41, 5.74) is 3.67. The molecule has 0 radical (unpaired) electrons. The molecular weight excluding hydrogens is 480 g/mol. The summed E-state index contributed by atoms with van der Waals surface area (Å²) < 4.78 is 12.5. The molecule has 1 N–H and O–H groups in total. The molecule has 182 valence electrons. The van der Waals surface area contributed by atoms with Crippen molar-refractivity contribution in [2.75, 3.05) is 11.4 Å². The molecular formula is C28H29ClN2O3S. The number of fused-ring (bicyclic) bond motifs is 1. The summed E-state index contributed by atoms with van der Waals surface area (Å²) in [7, 11) is 0. The summed E-state index contributed by atoms with van der Waals surface area (Å²) >= 11 is 11.6. The summed E-state index contributed by atoms with van der Waals surface area (Å²) in [6.45, 7) is 4.80. The largest absolute Gasteiger partial charge is 0.455 e. The quantitative estimate of drug-likeness (QED) is 0.271. The van der Waals surface area contributed by atoms with E-state index in [2.05, 4.69) is 12.2 Å². The monoisotopic (exact) mass is 508 g/mol. The molecule has 4 rings (SSSR count). The third-order valence-corrected chi connectivity index (χ3v) is 6.47. The number of halogens is 1. The Balaban J connectivity index is 1.47. The Hall–Kier alpha value is -3.09. The van der Waals surface area contributed by atoms with Crippen LogP contribution in [-0.2, 0) is 6.42 Å². The van der Waals surface area contributed by atoms with E-state index in [1.54, 1.807) is 24.3 Å². The number of rotatable bonds is 8. The molecule has 0 aliphatic carbocycles. The van der Waals surface area contributed by atoms with E-state index in [9.17, 15) is 4.79 Å². The molecule has 1 amide bonds. The highest BCUT2D eigenvalue weighted by molar-refractivity contribution is 7.80. The molecule has 1 unspecified atom stereocenters. The molecule has 1 aliphatic heterocycles. The Labute approximate surface area is 217 Å².